The molecule has 0 saturated carbocycles. The summed E-state index contributed by atoms with van der Waals surface area (Å²) in [5.74, 6) is 1.19. The third-order valence-corrected chi connectivity index (χ3v) is 5.53. The zero-order valence-corrected chi connectivity index (χ0v) is 15.5. The third-order valence-electron chi connectivity index (χ3n) is 2.93. The number of hydrogen-bond donors (Lipinski definition) is 2. The molecular formula is C16H18ClN3OS2. The number of rotatable bonds is 4. The number of hydrogen-bond acceptors (Lipinski definition) is 5. The maximum atomic E-state index is 13.0. The van der Waals surface area contributed by atoms with Crippen LogP contribution in [-0.4, -0.2) is 21.1 Å². The molecule has 4 nitrogen and oxygen atoms in total. The third kappa shape index (κ3) is 4.64. The fourth-order valence-corrected chi connectivity index (χ4v) is 4.36. The van der Waals surface area contributed by atoms with Gasteiger partial charge in [-0.1, -0.05) is 24.6 Å². The molecule has 0 radical (unpaired) electrons. The van der Waals surface area contributed by atoms with E-state index in [1.165, 1.54) is 11.8 Å². The van der Waals surface area contributed by atoms with Gasteiger partial charge in [0.1, 0.15) is 5.04 Å². The highest BCUT2D eigenvalue weighted by molar-refractivity contribution is 8.16. The monoisotopic (exact) mass is 367 g/mol. The lowest BCUT2D eigenvalue weighted by molar-refractivity contribution is 0.601. The largest absolute Gasteiger partial charge is 0.606 e. The molecule has 1 heterocycles. The van der Waals surface area contributed by atoms with Crippen LogP contribution in [0.3, 0.4) is 0 Å². The summed E-state index contributed by atoms with van der Waals surface area (Å²) >= 11 is 5.80. The Morgan fingerprint density at radius 3 is 2.78 bits per heavy atom. The van der Waals surface area contributed by atoms with Crippen LogP contribution < -0.4 is 5.32 Å². The highest BCUT2D eigenvalue weighted by atomic mass is 35.5. The maximum Gasteiger partial charge on any atom is 0.232 e. The smallest absolute Gasteiger partial charge is 0.232 e. The molecule has 122 valence electrons. The predicted octanol–water partition coefficient (Wildman–Crippen LogP) is 4.31. The molecule has 0 unspecified atom stereocenters. The van der Waals surface area contributed by atoms with Crippen molar-refractivity contribution < 1.29 is 4.55 Å². The van der Waals surface area contributed by atoms with Crippen molar-refractivity contribution in [3.63, 3.8) is 0 Å². The molecule has 1 aromatic carbocycles. The first kappa shape index (κ1) is 18.1. The highest BCUT2D eigenvalue weighted by Crippen LogP contribution is 2.29. The molecule has 0 spiro atoms. The van der Waals surface area contributed by atoms with Gasteiger partial charge in [0.05, 0.1) is 0 Å². The molecule has 0 bridgehead atoms. The number of halogens is 1. The molecule has 1 atom stereocenters. The van der Waals surface area contributed by atoms with E-state index in [1.807, 2.05) is 26.8 Å². The first-order valence-electron chi connectivity index (χ1n) is 7.06. The van der Waals surface area contributed by atoms with Crippen LogP contribution in [-0.2, 0) is 11.2 Å². The second-order valence-electron chi connectivity index (χ2n) is 4.87. The molecule has 1 aliphatic rings. The summed E-state index contributed by atoms with van der Waals surface area (Å²) in [6.45, 7) is 5.74. The summed E-state index contributed by atoms with van der Waals surface area (Å²) in [5.41, 5.74) is 1.72. The van der Waals surface area contributed by atoms with Crippen LogP contribution in [0.4, 0.5) is 0 Å². The Labute approximate surface area is 148 Å². The number of aliphatic imine (C=N–C) groups is 1. The van der Waals surface area contributed by atoms with Crippen LogP contribution in [0.15, 0.2) is 56.7 Å². The summed E-state index contributed by atoms with van der Waals surface area (Å²) in [6, 6.07) is 6.89. The first-order chi connectivity index (χ1) is 10.9. The highest BCUT2D eigenvalue weighted by Gasteiger charge is 2.29. The van der Waals surface area contributed by atoms with Gasteiger partial charge in [0.15, 0.2) is 10.7 Å². The molecule has 0 saturated heterocycles. The predicted molar refractivity (Wildman–Crippen MR) is 101 cm³/mol. The van der Waals surface area contributed by atoms with E-state index in [2.05, 4.69) is 10.3 Å². The molecule has 7 heteroatoms. The van der Waals surface area contributed by atoms with Gasteiger partial charge in [-0.05, 0) is 37.8 Å². The Morgan fingerprint density at radius 1 is 1.43 bits per heavy atom. The van der Waals surface area contributed by atoms with Gasteiger partial charge in [0.25, 0.3) is 0 Å². The Kier molecular flexibility index (Phi) is 6.35. The minimum atomic E-state index is -1.54. The number of nitrogens with zero attached hydrogens (tertiary/aromatic N) is 1. The SMILES string of the molecule is CCSC(=N)/C(=C1/N=C(C)C=C(C)N1)[S@@+]([O-])c1cccc(Cl)c1. The first-order valence-corrected chi connectivity index (χ1v) is 9.57. The molecule has 2 N–H and O–H groups in total. The normalized spacial score (nSPS) is 17.8. The summed E-state index contributed by atoms with van der Waals surface area (Å²) in [6.07, 6.45) is 1.90. The summed E-state index contributed by atoms with van der Waals surface area (Å²) in [4.78, 5) is 5.37. The molecule has 0 amide bonds. The standard InChI is InChI=1S/C16H18ClN3OS2/c1-4-22-15(18)14(16-19-10(2)8-11(3)20-16)23(21)13-7-5-6-12(17)9-13/h5-9,18-19H,4H2,1-3H3/b16-14-,18-15?/t23-/m0/s1. The van der Waals surface area contributed by atoms with E-state index in [0.717, 1.165) is 17.2 Å². The van der Waals surface area contributed by atoms with Crippen LogP contribution in [0.2, 0.25) is 5.02 Å². The van der Waals surface area contributed by atoms with Crippen LogP contribution in [0.5, 0.6) is 0 Å². The second-order valence-corrected chi connectivity index (χ2v) is 8.00. The number of allylic oxidation sites excluding steroid dienone is 2. The van der Waals surface area contributed by atoms with E-state index in [9.17, 15) is 4.55 Å². The lowest BCUT2D eigenvalue weighted by atomic mass is 10.3. The van der Waals surface area contributed by atoms with Gasteiger partial charge in [-0.3, -0.25) is 5.41 Å². The Hall–Kier alpha value is -1.21. The van der Waals surface area contributed by atoms with E-state index in [-0.39, 0.29) is 5.04 Å². The van der Waals surface area contributed by atoms with Crippen molar-refractivity contribution in [3.8, 4) is 0 Å². The van der Waals surface area contributed by atoms with E-state index < -0.39 is 11.2 Å². The van der Waals surface area contributed by atoms with Gasteiger partial charge in [-0.15, -0.1) is 11.8 Å². The van der Waals surface area contributed by atoms with Gasteiger partial charge in [-0.2, -0.15) is 0 Å². The molecule has 0 aliphatic carbocycles. The summed E-state index contributed by atoms with van der Waals surface area (Å²) in [7, 11) is 0. The molecule has 1 aromatic rings. The summed E-state index contributed by atoms with van der Waals surface area (Å²) in [5, 5.41) is 12.2. The lowest BCUT2D eigenvalue weighted by Gasteiger charge is -2.19. The van der Waals surface area contributed by atoms with Crippen LogP contribution in [0, 0.1) is 5.41 Å². The molecule has 23 heavy (non-hydrogen) atoms. The van der Waals surface area contributed by atoms with Crippen molar-refractivity contribution in [2.24, 2.45) is 4.99 Å². The minimum absolute atomic E-state index is 0.250. The fraction of sp³-hybridized carbons (Fsp3) is 0.250. The fourth-order valence-electron chi connectivity index (χ4n) is 2.07. The average Bonchev–Trinajstić information content (AvgIpc) is 2.46. The van der Waals surface area contributed by atoms with Crippen LogP contribution in [0.25, 0.3) is 0 Å². The van der Waals surface area contributed by atoms with Crippen molar-refractivity contribution in [1.82, 2.24) is 5.32 Å². The number of nitrogens with one attached hydrogen (secondary N) is 2. The number of thioether (sulfide) groups is 1. The van der Waals surface area contributed by atoms with E-state index in [0.29, 0.717) is 20.6 Å². The van der Waals surface area contributed by atoms with Gasteiger partial charge < -0.3 is 9.87 Å². The molecule has 0 aromatic heterocycles. The average molecular weight is 368 g/mol. The van der Waals surface area contributed by atoms with Crippen molar-refractivity contribution in [2.75, 3.05) is 5.75 Å². The van der Waals surface area contributed by atoms with Crippen molar-refractivity contribution in [2.45, 2.75) is 25.7 Å². The van der Waals surface area contributed by atoms with Gasteiger partial charge in [0, 0.05) is 33.7 Å². The number of benzene rings is 1. The van der Waals surface area contributed by atoms with Crippen molar-refractivity contribution >= 4 is 45.3 Å². The zero-order valence-electron chi connectivity index (χ0n) is 13.1. The van der Waals surface area contributed by atoms with Gasteiger partial charge >= 0.3 is 0 Å². The molecule has 2 rings (SSSR count). The van der Waals surface area contributed by atoms with Gasteiger partial charge in [-0.25, -0.2) is 4.99 Å². The van der Waals surface area contributed by atoms with Crippen molar-refractivity contribution in [3.05, 3.63) is 51.8 Å². The molecule has 1 aliphatic heterocycles. The van der Waals surface area contributed by atoms with E-state index in [4.69, 9.17) is 17.0 Å². The topological polar surface area (TPSA) is 71.3 Å². The van der Waals surface area contributed by atoms with E-state index in [1.54, 1.807) is 24.3 Å². The molecule has 0 fully saturated rings. The maximum absolute atomic E-state index is 13.0. The quantitative estimate of drug-likeness (QED) is 0.473. The second kappa shape index (κ2) is 8.06. The van der Waals surface area contributed by atoms with Crippen LogP contribution >= 0.6 is 23.4 Å². The molecular weight excluding hydrogens is 350 g/mol. The Balaban J connectivity index is 2.51. The Morgan fingerprint density at radius 2 is 2.17 bits per heavy atom. The zero-order chi connectivity index (χ0) is 17.0. The van der Waals surface area contributed by atoms with E-state index >= 15 is 0 Å². The lowest BCUT2D eigenvalue weighted by Crippen LogP contribution is -2.23. The summed E-state index contributed by atoms with van der Waals surface area (Å²) < 4.78 is 13.0. The minimum Gasteiger partial charge on any atom is -0.606 e. The van der Waals surface area contributed by atoms with Gasteiger partial charge in [0.2, 0.25) is 4.91 Å². The Bertz CT molecular complexity index is 713. The van der Waals surface area contributed by atoms with Crippen molar-refractivity contribution in [1.29, 1.82) is 5.41 Å². The van der Waals surface area contributed by atoms with Crippen LogP contribution in [0.1, 0.15) is 20.8 Å².